The molecule has 2 saturated heterocycles. The lowest BCUT2D eigenvalue weighted by atomic mass is 10.0. The molecule has 0 aliphatic carbocycles. The number of ether oxygens (including phenoxy) is 3. The van der Waals surface area contributed by atoms with Crippen LogP contribution in [0.15, 0.2) is 36.5 Å². The summed E-state index contributed by atoms with van der Waals surface area (Å²) in [5.74, 6) is -3.26. The van der Waals surface area contributed by atoms with Gasteiger partial charge in [0.05, 0.1) is 30.5 Å². The van der Waals surface area contributed by atoms with Gasteiger partial charge in [-0.05, 0) is 24.1 Å². The molecule has 3 aliphatic heterocycles. The first-order valence-electron chi connectivity index (χ1n) is 13.8. The van der Waals surface area contributed by atoms with Gasteiger partial charge in [-0.15, -0.1) is 0 Å². The molecule has 3 aromatic rings. The molecule has 2 amide bonds. The number of carbonyl (C=O) groups excluding carboxylic acids is 2. The number of nitrogens with one attached hydrogen (secondary N) is 2. The minimum absolute atomic E-state index is 0.0194. The van der Waals surface area contributed by atoms with E-state index in [-0.39, 0.29) is 53.1 Å². The molecule has 11 nitrogen and oxygen atoms in total. The smallest absolute Gasteiger partial charge is 0.423 e. The Balaban J connectivity index is 1.25. The van der Waals surface area contributed by atoms with E-state index in [4.69, 9.17) is 14.2 Å². The zero-order valence-electron chi connectivity index (χ0n) is 23.7. The Morgan fingerprint density at radius 2 is 2.00 bits per heavy atom. The van der Waals surface area contributed by atoms with Gasteiger partial charge in [-0.25, -0.2) is 9.37 Å². The normalized spacial score (nSPS) is 19.9. The summed E-state index contributed by atoms with van der Waals surface area (Å²) in [5, 5.41) is 5.49. The standard InChI is InChI=1S/C29H28F4N6O5/c1-38-14-15-4-3-5-21(24(15)27(38)41)44-26-18(29(31,32)33)13-34-28(37-26)36-20-12-19(30)17(11-22(20)42-2)25(40)35-16-6-7-39-8-9-43-23(39)10-16/h3-5,11-13,16,23H,6-10,14H2,1-2H3,(H,35,40)(H,34,36,37). The molecule has 0 saturated carbocycles. The summed E-state index contributed by atoms with van der Waals surface area (Å²) in [5.41, 5.74) is -0.865. The Morgan fingerprint density at radius 3 is 2.77 bits per heavy atom. The molecule has 2 atom stereocenters. The molecule has 4 heterocycles. The van der Waals surface area contributed by atoms with E-state index in [0.717, 1.165) is 19.2 Å². The average molecular weight is 617 g/mol. The Morgan fingerprint density at radius 1 is 1.18 bits per heavy atom. The van der Waals surface area contributed by atoms with Gasteiger partial charge in [0.25, 0.3) is 11.8 Å². The van der Waals surface area contributed by atoms with Gasteiger partial charge in [0, 0.05) is 51.4 Å². The summed E-state index contributed by atoms with van der Waals surface area (Å²) < 4.78 is 73.4. The van der Waals surface area contributed by atoms with Crippen LogP contribution >= 0.6 is 0 Å². The molecular formula is C29H28F4N6O5. The van der Waals surface area contributed by atoms with E-state index in [2.05, 4.69) is 25.5 Å². The third-order valence-corrected chi connectivity index (χ3v) is 7.81. The summed E-state index contributed by atoms with van der Waals surface area (Å²) >= 11 is 0. The molecule has 2 N–H and O–H groups in total. The molecule has 2 fully saturated rings. The van der Waals surface area contributed by atoms with Crippen molar-refractivity contribution in [3.8, 4) is 17.4 Å². The Bertz CT molecular complexity index is 1620. The molecule has 0 bridgehead atoms. The van der Waals surface area contributed by atoms with Crippen molar-refractivity contribution >= 4 is 23.5 Å². The second-order valence-electron chi connectivity index (χ2n) is 10.7. The lowest BCUT2D eigenvalue weighted by Crippen LogP contribution is -2.47. The molecule has 0 spiro atoms. The number of piperidine rings is 1. The molecule has 15 heteroatoms. The first-order valence-corrected chi connectivity index (χ1v) is 13.8. The molecule has 3 aliphatic rings. The van der Waals surface area contributed by atoms with Crippen LogP contribution in [0.4, 0.5) is 29.2 Å². The minimum atomic E-state index is -4.88. The number of amides is 2. The minimum Gasteiger partial charge on any atom is -0.495 e. The van der Waals surface area contributed by atoms with Crippen molar-refractivity contribution in [2.75, 3.05) is 39.2 Å². The van der Waals surface area contributed by atoms with Gasteiger partial charge in [0.1, 0.15) is 29.1 Å². The predicted molar refractivity (Wildman–Crippen MR) is 147 cm³/mol. The number of halogens is 4. The van der Waals surface area contributed by atoms with E-state index in [1.165, 1.54) is 24.1 Å². The van der Waals surface area contributed by atoms with E-state index in [0.29, 0.717) is 31.2 Å². The summed E-state index contributed by atoms with van der Waals surface area (Å²) in [6.45, 7) is 2.51. The molecular weight excluding hydrogens is 588 g/mol. The fourth-order valence-electron chi connectivity index (χ4n) is 5.58. The number of carbonyl (C=O) groups is 2. The van der Waals surface area contributed by atoms with Crippen LogP contribution in [0.25, 0.3) is 0 Å². The van der Waals surface area contributed by atoms with Crippen LogP contribution in [-0.4, -0.2) is 77.7 Å². The van der Waals surface area contributed by atoms with Crippen LogP contribution in [0.3, 0.4) is 0 Å². The third-order valence-electron chi connectivity index (χ3n) is 7.81. The van der Waals surface area contributed by atoms with E-state index >= 15 is 4.39 Å². The van der Waals surface area contributed by atoms with E-state index in [1.54, 1.807) is 19.2 Å². The SMILES string of the molecule is COc1cc(C(=O)NC2CCN3CCOC3C2)c(F)cc1Nc1ncc(C(F)(F)F)c(Oc2cccc3c2C(=O)N(C)C3)n1. The molecule has 2 aromatic carbocycles. The Hall–Kier alpha value is -4.50. The van der Waals surface area contributed by atoms with Crippen molar-refractivity contribution in [1.29, 1.82) is 0 Å². The fraction of sp³-hybridized carbons (Fsp3) is 0.379. The largest absolute Gasteiger partial charge is 0.495 e. The van der Waals surface area contributed by atoms with Crippen molar-refractivity contribution in [3.05, 3.63) is 64.6 Å². The highest BCUT2D eigenvalue weighted by Crippen LogP contribution is 2.40. The van der Waals surface area contributed by atoms with E-state index < -0.39 is 35.3 Å². The number of alkyl halides is 3. The van der Waals surface area contributed by atoms with Gasteiger partial charge < -0.3 is 29.7 Å². The summed E-state index contributed by atoms with van der Waals surface area (Å²) in [6, 6.07) is 6.56. The first kappa shape index (κ1) is 29.6. The molecule has 6 rings (SSSR count). The van der Waals surface area contributed by atoms with Gasteiger partial charge in [0.15, 0.2) is 0 Å². The van der Waals surface area contributed by atoms with E-state index in [1.807, 2.05) is 0 Å². The quantitative estimate of drug-likeness (QED) is 0.375. The van der Waals surface area contributed by atoms with Gasteiger partial charge >= 0.3 is 6.18 Å². The number of aromatic nitrogens is 2. The maximum absolute atomic E-state index is 15.2. The molecule has 232 valence electrons. The molecule has 44 heavy (non-hydrogen) atoms. The van der Waals surface area contributed by atoms with Crippen molar-refractivity contribution in [1.82, 2.24) is 25.1 Å². The van der Waals surface area contributed by atoms with Crippen molar-refractivity contribution in [3.63, 3.8) is 0 Å². The lowest BCUT2D eigenvalue weighted by molar-refractivity contribution is -0.139. The molecule has 2 unspecified atom stereocenters. The van der Waals surface area contributed by atoms with Gasteiger partial charge in [-0.1, -0.05) is 12.1 Å². The Labute approximate surface area is 249 Å². The topological polar surface area (TPSA) is 118 Å². The van der Waals surface area contributed by atoms with Gasteiger partial charge in [0.2, 0.25) is 11.8 Å². The van der Waals surface area contributed by atoms with Gasteiger partial charge in [-0.3, -0.25) is 14.5 Å². The van der Waals surface area contributed by atoms with Crippen LogP contribution in [0.1, 0.15) is 44.7 Å². The van der Waals surface area contributed by atoms with E-state index in [9.17, 15) is 22.8 Å². The zero-order chi connectivity index (χ0) is 31.2. The number of fused-ring (bicyclic) bond motifs is 2. The maximum atomic E-state index is 15.2. The molecule has 0 radical (unpaired) electrons. The number of nitrogens with zero attached hydrogens (tertiary/aromatic N) is 4. The highest BCUT2D eigenvalue weighted by atomic mass is 19.4. The number of anilines is 2. The molecule has 1 aromatic heterocycles. The highest BCUT2D eigenvalue weighted by molar-refractivity contribution is 6.01. The van der Waals surface area contributed by atoms with Crippen LogP contribution in [0.5, 0.6) is 17.4 Å². The second-order valence-corrected chi connectivity index (χ2v) is 10.7. The van der Waals surface area contributed by atoms with Crippen LogP contribution < -0.4 is 20.1 Å². The summed E-state index contributed by atoms with van der Waals surface area (Å²) in [7, 11) is 2.86. The number of hydrogen-bond donors (Lipinski definition) is 2. The second kappa shape index (κ2) is 11.5. The lowest BCUT2D eigenvalue weighted by Gasteiger charge is -2.33. The number of hydrogen-bond acceptors (Lipinski definition) is 9. The monoisotopic (exact) mass is 616 g/mol. The summed E-state index contributed by atoms with van der Waals surface area (Å²) in [4.78, 5) is 36.8. The van der Waals surface area contributed by atoms with Gasteiger partial charge in [-0.2, -0.15) is 18.2 Å². The predicted octanol–water partition coefficient (Wildman–Crippen LogP) is 4.32. The number of rotatable bonds is 7. The van der Waals surface area contributed by atoms with Crippen molar-refractivity contribution in [2.24, 2.45) is 0 Å². The summed E-state index contributed by atoms with van der Waals surface area (Å²) in [6.07, 6.45) is -3.17. The van der Waals surface area contributed by atoms with Crippen LogP contribution in [0, 0.1) is 5.82 Å². The van der Waals surface area contributed by atoms with Crippen molar-refractivity contribution < 1.29 is 41.4 Å². The highest BCUT2D eigenvalue weighted by Gasteiger charge is 2.38. The van der Waals surface area contributed by atoms with Crippen LogP contribution in [0.2, 0.25) is 0 Å². The number of methoxy groups -OCH3 is 1. The zero-order valence-corrected chi connectivity index (χ0v) is 23.7. The fourth-order valence-corrected chi connectivity index (χ4v) is 5.58. The first-order chi connectivity index (χ1) is 21.0. The van der Waals surface area contributed by atoms with Crippen LogP contribution in [-0.2, 0) is 17.5 Å². The maximum Gasteiger partial charge on any atom is 0.423 e. The average Bonchev–Trinajstić information content (AvgIpc) is 3.56. The Kier molecular flexibility index (Phi) is 7.75. The third kappa shape index (κ3) is 5.71. The number of benzene rings is 2. The van der Waals surface area contributed by atoms with Crippen molar-refractivity contribution in [2.45, 2.75) is 37.8 Å².